The molecule has 2 unspecified atom stereocenters. The van der Waals surface area contributed by atoms with Crippen LogP contribution in [0.25, 0.3) is 0 Å². The Labute approximate surface area is 304 Å². The van der Waals surface area contributed by atoms with Crippen molar-refractivity contribution in [2.75, 3.05) is 19.6 Å². The van der Waals surface area contributed by atoms with E-state index in [9.17, 15) is 29.1 Å². The Bertz CT molecular complexity index is 1610. The monoisotopic (exact) mass is 720 g/mol. The van der Waals surface area contributed by atoms with E-state index in [0.29, 0.717) is 19.5 Å². The molecule has 1 aromatic heterocycles. The standard InChI is InChI=1S/C37H52N8O7/c1-6-23-18-37(23,34(51)52)42-30(47)26-19-36(44(7-2)32(49)25-14-11-17-45(25)36)21-43(26)33(50)28(35(3,4)5)41-31(48)27(22-12-9-8-10-13-22)40-29(46)24-20-38-15-16-39-24/h6,15-16,20,22-23,25-28H,1,7-14,17-19,21H2,2-5H3,(H,40,46)(H,41,48)(H,42,47)(H,51,52)/t23-,25+,26+,27+,28-,36?,37?/m1/s1. The van der Waals surface area contributed by atoms with Crippen molar-refractivity contribution in [1.29, 1.82) is 0 Å². The first-order chi connectivity index (χ1) is 24.7. The van der Waals surface area contributed by atoms with Crippen molar-refractivity contribution < 1.29 is 33.9 Å². The maximum Gasteiger partial charge on any atom is 0.330 e. The third-order valence-corrected chi connectivity index (χ3v) is 12.0. The minimum atomic E-state index is -1.53. The van der Waals surface area contributed by atoms with Crippen molar-refractivity contribution in [2.45, 2.75) is 121 Å². The number of carbonyl (C=O) groups excluding carboxylic acids is 5. The van der Waals surface area contributed by atoms with Gasteiger partial charge in [0.15, 0.2) is 0 Å². The minimum Gasteiger partial charge on any atom is -0.479 e. The largest absolute Gasteiger partial charge is 0.479 e. The Balaban J connectivity index is 1.32. The number of fused-ring (bicyclic) bond motifs is 2. The van der Waals surface area contributed by atoms with Crippen molar-refractivity contribution in [3.8, 4) is 0 Å². The first-order valence-corrected chi connectivity index (χ1v) is 18.6. The van der Waals surface area contributed by atoms with E-state index in [0.717, 1.165) is 38.5 Å². The highest BCUT2D eigenvalue weighted by Gasteiger charge is 2.66. The Morgan fingerprint density at radius 2 is 1.79 bits per heavy atom. The zero-order chi connectivity index (χ0) is 37.6. The maximum absolute atomic E-state index is 15.0. The van der Waals surface area contributed by atoms with E-state index in [4.69, 9.17) is 0 Å². The number of likely N-dealkylation sites (tertiary alicyclic amines) is 1. The normalized spacial score (nSPS) is 30.1. The van der Waals surface area contributed by atoms with E-state index in [1.54, 1.807) is 4.90 Å². The quantitative estimate of drug-likeness (QED) is 0.243. The summed E-state index contributed by atoms with van der Waals surface area (Å²) in [6.45, 7) is 12.1. The van der Waals surface area contributed by atoms with Gasteiger partial charge in [0.2, 0.25) is 23.6 Å². The van der Waals surface area contributed by atoms with Crippen molar-refractivity contribution in [3.63, 3.8) is 0 Å². The lowest BCUT2D eigenvalue weighted by molar-refractivity contribution is -0.147. The number of amides is 5. The van der Waals surface area contributed by atoms with E-state index in [-0.39, 0.29) is 42.9 Å². The molecule has 5 aliphatic rings. The SMILES string of the molecule is C=C[C@@H]1CC1(NC(=O)[C@@H]1CC2(CN1C(=O)[C@@H](NC(=O)[C@@H](NC(=O)c1cnccn1)C1CCCCC1)C(C)(C)C)N(CC)C(=O)[C@@H]1CCCN12)C(=O)O. The molecule has 52 heavy (non-hydrogen) atoms. The van der Waals surface area contributed by atoms with Gasteiger partial charge in [-0.1, -0.05) is 46.1 Å². The van der Waals surface area contributed by atoms with Crippen molar-refractivity contribution in [1.82, 2.24) is 40.6 Å². The third-order valence-electron chi connectivity index (χ3n) is 12.0. The second kappa shape index (κ2) is 14.2. The summed E-state index contributed by atoms with van der Waals surface area (Å²) < 4.78 is 0. The van der Waals surface area contributed by atoms with Crippen LogP contribution in [0, 0.1) is 17.3 Å². The van der Waals surface area contributed by atoms with Crippen LogP contribution in [0.4, 0.5) is 0 Å². The number of carboxylic acid groups (broad SMARTS) is 1. The molecule has 2 saturated carbocycles. The molecule has 7 atom stereocenters. The summed E-state index contributed by atoms with van der Waals surface area (Å²) >= 11 is 0. The lowest BCUT2D eigenvalue weighted by Gasteiger charge is -2.40. The molecule has 5 fully saturated rings. The molecule has 4 N–H and O–H groups in total. The van der Waals surface area contributed by atoms with E-state index in [1.165, 1.54) is 29.6 Å². The first-order valence-electron chi connectivity index (χ1n) is 18.6. The fraction of sp³-hybridized carbons (Fsp3) is 0.676. The molecule has 4 heterocycles. The molecule has 3 aliphatic heterocycles. The minimum absolute atomic E-state index is 0.0167. The van der Waals surface area contributed by atoms with Crippen molar-refractivity contribution in [2.24, 2.45) is 17.3 Å². The Morgan fingerprint density at radius 3 is 2.38 bits per heavy atom. The number of hydrogen-bond donors (Lipinski definition) is 4. The molecular weight excluding hydrogens is 668 g/mol. The lowest BCUT2D eigenvalue weighted by atomic mass is 9.82. The van der Waals surface area contributed by atoms with Crippen LogP contribution < -0.4 is 16.0 Å². The molecule has 5 amide bonds. The smallest absolute Gasteiger partial charge is 0.330 e. The van der Waals surface area contributed by atoms with E-state index >= 15 is 4.79 Å². The highest BCUT2D eigenvalue weighted by atomic mass is 16.4. The number of carbonyl (C=O) groups is 6. The summed E-state index contributed by atoms with van der Waals surface area (Å²) in [5.74, 6) is -4.07. The molecule has 282 valence electrons. The fourth-order valence-electron chi connectivity index (χ4n) is 9.11. The topological polar surface area (TPSA) is 194 Å². The van der Waals surface area contributed by atoms with Crippen LogP contribution >= 0.6 is 0 Å². The van der Waals surface area contributed by atoms with E-state index in [2.05, 4.69) is 37.4 Å². The lowest BCUT2D eigenvalue weighted by Crippen LogP contribution is -2.62. The van der Waals surface area contributed by atoms with Gasteiger partial charge in [-0.15, -0.1) is 6.58 Å². The molecule has 1 spiro atoms. The average molecular weight is 721 g/mol. The van der Waals surface area contributed by atoms with Gasteiger partial charge in [-0.3, -0.25) is 33.9 Å². The third kappa shape index (κ3) is 6.56. The highest BCUT2D eigenvalue weighted by Crippen LogP contribution is 2.48. The highest BCUT2D eigenvalue weighted by molar-refractivity contribution is 5.99. The number of hydrogen-bond acceptors (Lipinski definition) is 9. The fourth-order valence-corrected chi connectivity index (χ4v) is 9.11. The summed E-state index contributed by atoms with van der Waals surface area (Å²) in [7, 11) is 0. The summed E-state index contributed by atoms with van der Waals surface area (Å²) in [5.41, 5.74) is -3.28. The zero-order valence-electron chi connectivity index (χ0n) is 30.6. The second-order valence-corrected chi connectivity index (χ2v) is 16.2. The second-order valence-electron chi connectivity index (χ2n) is 16.2. The van der Waals surface area contributed by atoms with Crippen LogP contribution in [-0.2, 0) is 24.0 Å². The van der Waals surface area contributed by atoms with Gasteiger partial charge < -0.3 is 30.9 Å². The van der Waals surface area contributed by atoms with E-state index < -0.39 is 70.3 Å². The molecular formula is C37H52N8O7. The molecule has 6 rings (SSSR count). The van der Waals surface area contributed by atoms with Crippen LogP contribution in [-0.4, -0.2) is 120 Å². The van der Waals surface area contributed by atoms with Gasteiger partial charge in [0.05, 0.1) is 18.8 Å². The number of carboxylic acids is 1. The molecule has 0 aromatic carbocycles. The molecule has 0 radical (unpaired) electrons. The number of aromatic nitrogens is 2. The van der Waals surface area contributed by atoms with Gasteiger partial charge in [-0.05, 0) is 50.4 Å². The van der Waals surface area contributed by atoms with Gasteiger partial charge in [-0.25, -0.2) is 9.78 Å². The van der Waals surface area contributed by atoms with Gasteiger partial charge in [0, 0.05) is 37.8 Å². The van der Waals surface area contributed by atoms with Crippen LogP contribution in [0.2, 0.25) is 0 Å². The zero-order valence-corrected chi connectivity index (χ0v) is 30.6. The van der Waals surface area contributed by atoms with Crippen LogP contribution in [0.15, 0.2) is 31.2 Å². The Kier molecular flexibility index (Phi) is 10.2. The number of nitrogens with one attached hydrogen (secondary N) is 3. The number of likely N-dealkylation sites (N-methyl/N-ethyl adjacent to an activating group) is 1. The summed E-state index contributed by atoms with van der Waals surface area (Å²) in [5, 5.41) is 18.7. The first kappa shape index (κ1) is 37.4. The van der Waals surface area contributed by atoms with E-state index in [1.807, 2.05) is 27.7 Å². The Morgan fingerprint density at radius 1 is 1.06 bits per heavy atom. The molecule has 2 aliphatic carbocycles. The maximum atomic E-state index is 15.0. The molecule has 15 nitrogen and oxygen atoms in total. The van der Waals surface area contributed by atoms with Gasteiger partial charge in [0.25, 0.3) is 5.91 Å². The van der Waals surface area contributed by atoms with Gasteiger partial charge >= 0.3 is 5.97 Å². The average Bonchev–Trinajstić information content (AvgIpc) is 3.38. The van der Waals surface area contributed by atoms with Gasteiger partial charge in [0.1, 0.15) is 35.0 Å². The van der Waals surface area contributed by atoms with Crippen molar-refractivity contribution >= 4 is 35.5 Å². The molecule has 3 saturated heterocycles. The number of aliphatic carboxylic acids is 1. The summed E-state index contributed by atoms with van der Waals surface area (Å²) in [4.78, 5) is 96.4. The van der Waals surface area contributed by atoms with Gasteiger partial charge in [-0.2, -0.15) is 0 Å². The molecule has 0 bridgehead atoms. The molecule has 1 aromatic rings. The van der Waals surface area contributed by atoms with Crippen molar-refractivity contribution in [3.05, 3.63) is 36.9 Å². The summed E-state index contributed by atoms with van der Waals surface area (Å²) in [6, 6.07) is -3.57. The number of nitrogens with zero attached hydrogens (tertiary/aromatic N) is 5. The number of rotatable bonds is 11. The Hall–Kier alpha value is -4.40. The van der Waals surface area contributed by atoms with Crippen LogP contribution in [0.1, 0.15) is 96.0 Å². The molecule has 15 heteroatoms. The van der Waals surface area contributed by atoms with Crippen LogP contribution in [0.5, 0.6) is 0 Å². The predicted octanol–water partition coefficient (Wildman–Crippen LogP) is 1.46. The predicted molar refractivity (Wildman–Crippen MR) is 188 cm³/mol. The van der Waals surface area contributed by atoms with Crippen LogP contribution in [0.3, 0.4) is 0 Å². The summed E-state index contributed by atoms with van der Waals surface area (Å²) in [6.07, 6.45) is 11.7.